The Hall–Kier alpha value is -3.50. The SMILES string of the molecule is CC(C)[C@H](NC(=O)[C@H](Cc1ccccc1)C[C@H]([C@@H](NC(=O)OC(C)(C)C)C(O[SiH](C)C)c1ccccc1)C(C)(C)C)C(=O)N1CCC1=O. The third-order valence-electron chi connectivity index (χ3n) is 8.68. The second-order valence-electron chi connectivity index (χ2n) is 15.6. The molecule has 2 aromatic rings. The van der Waals surface area contributed by atoms with Crippen LogP contribution in [0.3, 0.4) is 0 Å². The zero-order chi connectivity index (χ0) is 35.8. The number of likely N-dealkylation sites (tertiary alicyclic amines) is 1. The van der Waals surface area contributed by atoms with Gasteiger partial charge in [-0.25, -0.2) is 4.79 Å². The molecule has 2 aromatic carbocycles. The Morgan fingerprint density at radius 3 is 1.94 bits per heavy atom. The van der Waals surface area contributed by atoms with Crippen LogP contribution < -0.4 is 10.6 Å². The van der Waals surface area contributed by atoms with Crippen LogP contribution in [0.4, 0.5) is 4.79 Å². The van der Waals surface area contributed by atoms with Crippen molar-refractivity contribution in [3.8, 4) is 0 Å². The maximum Gasteiger partial charge on any atom is 0.407 e. The van der Waals surface area contributed by atoms with E-state index in [1.54, 1.807) is 0 Å². The first-order valence-electron chi connectivity index (χ1n) is 17.3. The maximum absolute atomic E-state index is 14.4. The summed E-state index contributed by atoms with van der Waals surface area (Å²) in [6.45, 7) is 20.1. The fourth-order valence-electron chi connectivity index (χ4n) is 6.16. The van der Waals surface area contributed by atoms with Gasteiger partial charge in [0.15, 0.2) is 9.04 Å². The van der Waals surface area contributed by atoms with E-state index >= 15 is 0 Å². The Morgan fingerprint density at radius 1 is 0.896 bits per heavy atom. The van der Waals surface area contributed by atoms with Crippen molar-refractivity contribution in [3.05, 3.63) is 71.8 Å². The summed E-state index contributed by atoms with van der Waals surface area (Å²) in [5.74, 6) is -1.91. The summed E-state index contributed by atoms with van der Waals surface area (Å²) in [7, 11) is -1.65. The number of nitrogens with one attached hydrogen (secondary N) is 2. The maximum atomic E-state index is 14.4. The van der Waals surface area contributed by atoms with Crippen LogP contribution in [0, 0.1) is 23.2 Å². The number of alkyl carbamates (subject to hydrolysis) is 1. The van der Waals surface area contributed by atoms with Gasteiger partial charge in [0.25, 0.3) is 5.91 Å². The number of rotatable bonds is 14. The van der Waals surface area contributed by atoms with Gasteiger partial charge in [-0.2, -0.15) is 0 Å². The molecule has 5 atom stereocenters. The molecule has 0 radical (unpaired) electrons. The predicted octanol–water partition coefficient (Wildman–Crippen LogP) is 6.43. The summed E-state index contributed by atoms with van der Waals surface area (Å²) in [6.07, 6.45) is 0.113. The fourth-order valence-corrected chi connectivity index (χ4v) is 7.08. The van der Waals surface area contributed by atoms with E-state index < -0.39 is 50.3 Å². The molecular formula is C38H57N3O6Si. The highest BCUT2D eigenvalue weighted by molar-refractivity contribution is 6.48. The molecule has 1 aliphatic rings. The van der Waals surface area contributed by atoms with Crippen LogP contribution >= 0.6 is 0 Å². The lowest BCUT2D eigenvalue weighted by atomic mass is 9.69. The van der Waals surface area contributed by atoms with E-state index in [0.717, 1.165) is 11.1 Å². The lowest BCUT2D eigenvalue weighted by Gasteiger charge is -2.43. The number of hydrogen-bond donors (Lipinski definition) is 2. The molecule has 48 heavy (non-hydrogen) atoms. The number of hydrogen-bond acceptors (Lipinski definition) is 6. The highest BCUT2D eigenvalue weighted by atomic mass is 28.3. The number of nitrogens with zero attached hydrogens (tertiary/aromatic N) is 1. The van der Waals surface area contributed by atoms with Crippen LogP contribution in [0.1, 0.15) is 85.5 Å². The molecule has 0 aromatic heterocycles. The van der Waals surface area contributed by atoms with Gasteiger partial charge in [0.2, 0.25) is 11.8 Å². The molecule has 0 aliphatic carbocycles. The molecule has 4 amide bonds. The number of carbonyl (C=O) groups is 4. The minimum absolute atomic E-state index is 0.217. The van der Waals surface area contributed by atoms with Gasteiger partial charge in [-0.05, 0) is 75.1 Å². The normalized spacial score (nSPS) is 16.8. The molecule has 10 heteroatoms. The summed E-state index contributed by atoms with van der Waals surface area (Å²) in [6, 6.07) is 18.3. The van der Waals surface area contributed by atoms with Gasteiger partial charge >= 0.3 is 6.09 Å². The Bertz CT molecular complexity index is 1370. The highest BCUT2D eigenvalue weighted by Gasteiger charge is 2.43. The van der Waals surface area contributed by atoms with Crippen LogP contribution in [-0.2, 0) is 30.0 Å². The molecule has 0 bridgehead atoms. The number of imide groups is 1. The van der Waals surface area contributed by atoms with Crippen molar-refractivity contribution < 1.29 is 28.3 Å². The first-order valence-corrected chi connectivity index (χ1v) is 20.0. The summed E-state index contributed by atoms with van der Waals surface area (Å²) in [4.78, 5) is 54.7. The van der Waals surface area contributed by atoms with E-state index in [2.05, 4.69) is 44.5 Å². The number of amides is 4. The van der Waals surface area contributed by atoms with Crippen LogP contribution in [0.25, 0.3) is 0 Å². The van der Waals surface area contributed by atoms with Gasteiger partial charge in [0, 0.05) is 18.9 Å². The molecule has 2 N–H and O–H groups in total. The van der Waals surface area contributed by atoms with Crippen LogP contribution in [0.15, 0.2) is 60.7 Å². The van der Waals surface area contributed by atoms with Gasteiger partial charge < -0.3 is 19.8 Å². The third kappa shape index (κ3) is 11.3. The molecule has 1 unspecified atom stereocenters. The van der Waals surface area contributed by atoms with E-state index in [-0.39, 0.29) is 29.6 Å². The van der Waals surface area contributed by atoms with Gasteiger partial charge in [0.05, 0.1) is 12.1 Å². The monoisotopic (exact) mass is 679 g/mol. The minimum atomic E-state index is -1.65. The van der Waals surface area contributed by atoms with Crippen LogP contribution in [-0.4, -0.2) is 62.0 Å². The van der Waals surface area contributed by atoms with Crippen molar-refractivity contribution in [2.45, 2.75) is 112 Å². The van der Waals surface area contributed by atoms with E-state index in [9.17, 15) is 19.2 Å². The molecular weight excluding hydrogens is 623 g/mol. The lowest BCUT2D eigenvalue weighted by Crippen LogP contribution is -2.58. The third-order valence-corrected chi connectivity index (χ3v) is 9.52. The van der Waals surface area contributed by atoms with Gasteiger partial charge in [-0.3, -0.25) is 19.3 Å². The molecule has 9 nitrogen and oxygen atoms in total. The predicted molar refractivity (Wildman–Crippen MR) is 192 cm³/mol. The van der Waals surface area contributed by atoms with Crippen molar-refractivity contribution in [1.29, 1.82) is 0 Å². The smallest absolute Gasteiger partial charge is 0.407 e. The zero-order valence-electron chi connectivity index (χ0n) is 30.5. The Morgan fingerprint density at radius 2 is 1.48 bits per heavy atom. The van der Waals surface area contributed by atoms with Crippen molar-refractivity contribution in [1.82, 2.24) is 15.5 Å². The molecule has 1 heterocycles. The van der Waals surface area contributed by atoms with Gasteiger partial charge in [-0.1, -0.05) is 95.3 Å². The summed E-state index contributed by atoms with van der Waals surface area (Å²) < 4.78 is 12.5. The van der Waals surface area contributed by atoms with Crippen LogP contribution in [0.2, 0.25) is 13.1 Å². The lowest BCUT2D eigenvalue weighted by molar-refractivity contribution is -0.155. The van der Waals surface area contributed by atoms with E-state index in [4.69, 9.17) is 9.16 Å². The molecule has 1 aliphatic heterocycles. The minimum Gasteiger partial charge on any atom is -0.444 e. The van der Waals surface area contributed by atoms with Crippen molar-refractivity contribution in [3.63, 3.8) is 0 Å². The van der Waals surface area contributed by atoms with Crippen molar-refractivity contribution in [2.75, 3.05) is 6.54 Å². The zero-order valence-corrected chi connectivity index (χ0v) is 31.7. The second-order valence-corrected chi connectivity index (χ2v) is 18.0. The van der Waals surface area contributed by atoms with E-state index in [0.29, 0.717) is 25.8 Å². The topological polar surface area (TPSA) is 114 Å². The van der Waals surface area contributed by atoms with Gasteiger partial charge in [-0.15, -0.1) is 0 Å². The van der Waals surface area contributed by atoms with E-state index in [1.165, 1.54) is 4.90 Å². The average molecular weight is 680 g/mol. The standard InChI is InChI=1S/C38H57N3O6Si/c1-25(2)31(35(44)41-22-21-30(41)42)39-34(43)28(23-26-17-13-11-14-18-26)24-29(37(3,4)5)32(40-36(45)46-38(6,7)8)33(47-48(9)10)27-19-15-12-16-20-27/h11-20,25,28-29,31-33,48H,21-24H2,1-10H3,(H,39,43)(H,40,45)/t28-,29-,31+,32-,33?/m1/s1. The van der Waals surface area contributed by atoms with E-state index in [1.807, 2.05) is 95.3 Å². The summed E-state index contributed by atoms with van der Waals surface area (Å²) >= 11 is 0. The number of benzene rings is 2. The summed E-state index contributed by atoms with van der Waals surface area (Å²) in [5, 5.41) is 6.26. The fraction of sp³-hybridized carbons (Fsp3) is 0.579. The Balaban J connectivity index is 2.09. The first kappa shape index (κ1) is 38.9. The first-order chi connectivity index (χ1) is 22.4. The highest BCUT2D eigenvalue weighted by Crippen LogP contribution is 2.41. The quantitative estimate of drug-likeness (QED) is 0.176. The molecule has 3 rings (SSSR count). The number of carbonyl (C=O) groups excluding carboxylic acids is 4. The Kier molecular flexibility index (Phi) is 13.6. The van der Waals surface area contributed by atoms with Crippen molar-refractivity contribution in [2.24, 2.45) is 23.2 Å². The van der Waals surface area contributed by atoms with Crippen molar-refractivity contribution >= 4 is 32.9 Å². The molecule has 0 saturated carbocycles. The number of ether oxygens (including phenoxy) is 1. The molecule has 1 saturated heterocycles. The Labute approximate surface area is 289 Å². The largest absolute Gasteiger partial charge is 0.444 e. The summed E-state index contributed by atoms with van der Waals surface area (Å²) in [5.41, 5.74) is 0.801. The van der Waals surface area contributed by atoms with Crippen LogP contribution in [0.5, 0.6) is 0 Å². The van der Waals surface area contributed by atoms with Gasteiger partial charge in [0.1, 0.15) is 11.6 Å². The second kappa shape index (κ2) is 16.7. The number of β-lactam (4-membered cyclic amide) rings is 1. The molecule has 264 valence electrons. The molecule has 1 fully saturated rings. The average Bonchev–Trinajstić information content (AvgIpc) is 2.98. The molecule has 0 spiro atoms.